The summed E-state index contributed by atoms with van der Waals surface area (Å²) in [6, 6.07) is 13.2. The maximum Gasteiger partial charge on any atom is 0.257 e. The van der Waals surface area contributed by atoms with E-state index in [1.807, 2.05) is 36.4 Å². The molecule has 2 N–H and O–H groups in total. The molecule has 7 heteroatoms. The highest BCUT2D eigenvalue weighted by Crippen LogP contribution is 2.17. The molecule has 0 unspecified atom stereocenters. The monoisotopic (exact) mass is 359 g/mol. The van der Waals surface area contributed by atoms with E-state index in [-0.39, 0.29) is 11.0 Å². The van der Waals surface area contributed by atoms with Gasteiger partial charge in [-0.15, -0.1) is 0 Å². The van der Waals surface area contributed by atoms with Gasteiger partial charge in [-0.2, -0.15) is 5.10 Å². The molecule has 0 bridgehead atoms. The van der Waals surface area contributed by atoms with Gasteiger partial charge in [-0.1, -0.05) is 24.3 Å². The van der Waals surface area contributed by atoms with Crippen LogP contribution < -0.4 is 10.7 Å². The molecule has 0 aliphatic carbocycles. The van der Waals surface area contributed by atoms with Gasteiger partial charge in [0.25, 0.3) is 5.91 Å². The van der Waals surface area contributed by atoms with Crippen LogP contribution in [0.25, 0.3) is 16.7 Å². The summed E-state index contributed by atoms with van der Waals surface area (Å²) in [6.45, 7) is 2.06. The van der Waals surface area contributed by atoms with Crippen LogP contribution in [-0.2, 0) is 6.54 Å². The van der Waals surface area contributed by atoms with Gasteiger partial charge in [-0.3, -0.25) is 14.6 Å². The van der Waals surface area contributed by atoms with Crippen LogP contribution in [-0.4, -0.2) is 25.7 Å². The quantitative estimate of drug-likeness (QED) is 0.585. The third-order valence-electron chi connectivity index (χ3n) is 4.31. The molecule has 4 rings (SSSR count). The lowest BCUT2D eigenvalue weighted by Gasteiger charge is -2.06. The van der Waals surface area contributed by atoms with Gasteiger partial charge in [0.05, 0.1) is 16.8 Å². The zero-order chi connectivity index (χ0) is 18.8. The fraction of sp³-hybridized carbons (Fsp3) is 0.100. The van der Waals surface area contributed by atoms with E-state index in [0.29, 0.717) is 23.3 Å². The summed E-state index contributed by atoms with van der Waals surface area (Å²) in [5, 5.41) is 7.62. The molecule has 0 fully saturated rings. The maximum atomic E-state index is 12.9. The van der Waals surface area contributed by atoms with Crippen LogP contribution in [0.1, 0.15) is 21.6 Å². The molecule has 3 aromatic heterocycles. The third kappa shape index (κ3) is 3.10. The van der Waals surface area contributed by atoms with E-state index in [9.17, 15) is 9.59 Å². The molecule has 1 amide bonds. The van der Waals surface area contributed by atoms with Gasteiger partial charge >= 0.3 is 0 Å². The molecule has 0 aliphatic rings. The number of amides is 1. The van der Waals surface area contributed by atoms with Crippen molar-refractivity contribution < 1.29 is 4.79 Å². The van der Waals surface area contributed by atoms with E-state index in [4.69, 9.17) is 0 Å². The van der Waals surface area contributed by atoms with Crippen LogP contribution in [0, 0.1) is 6.92 Å². The number of rotatable bonds is 4. The molecule has 0 atom stereocenters. The Hall–Kier alpha value is -3.74. The number of hydrogen-bond donors (Lipinski definition) is 2. The Kier molecular flexibility index (Phi) is 4.25. The van der Waals surface area contributed by atoms with Gasteiger partial charge in [-0.05, 0) is 30.7 Å². The van der Waals surface area contributed by atoms with Crippen molar-refractivity contribution in [3.8, 4) is 5.69 Å². The summed E-state index contributed by atoms with van der Waals surface area (Å²) in [6.07, 6.45) is 4.77. The van der Waals surface area contributed by atoms with E-state index >= 15 is 0 Å². The summed E-state index contributed by atoms with van der Waals surface area (Å²) < 4.78 is 1.67. The molecule has 0 spiro atoms. The first-order chi connectivity index (χ1) is 13.1. The standard InChI is InChI=1S/C20H17N5O2/c1-13-17-18(26)16(20(27)23-11-14-6-5-9-21-10-14)12-22-19(17)25(24-13)15-7-3-2-4-8-15/h2-10,12H,11H2,1H3,(H,22,26)(H,23,27). The van der Waals surface area contributed by atoms with Crippen molar-refractivity contribution >= 4 is 16.9 Å². The number of carbonyl (C=O) groups excluding carboxylic acids is 1. The number of benzene rings is 1. The Labute approximate surface area is 154 Å². The van der Waals surface area contributed by atoms with Gasteiger partial charge in [-0.25, -0.2) is 4.68 Å². The van der Waals surface area contributed by atoms with Crippen molar-refractivity contribution in [2.75, 3.05) is 0 Å². The summed E-state index contributed by atoms with van der Waals surface area (Å²) >= 11 is 0. The SMILES string of the molecule is Cc1nn(-c2ccccc2)c2[nH]cc(C(=O)NCc3cccnc3)c(=O)c12. The second kappa shape index (κ2) is 6.87. The number of nitrogens with zero attached hydrogens (tertiary/aromatic N) is 3. The minimum Gasteiger partial charge on any atom is -0.348 e. The number of aromatic amines is 1. The lowest BCUT2D eigenvalue weighted by atomic mass is 10.1. The topological polar surface area (TPSA) is 92.7 Å². The summed E-state index contributed by atoms with van der Waals surface area (Å²) in [5.41, 5.74) is 2.54. The van der Waals surface area contributed by atoms with Crippen LogP contribution in [0.5, 0.6) is 0 Å². The summed E-state index contributed by atoms with van der Waals surface area (Å²) in [5.74, 6) is -0.436. The number of carbonyl (C=O) groups is 1. The van der Waals surface area contributed by atoms with Crippen molar-refractivity contribution in [2.24, 2.45) is 0 Å². The number of hydrogen-bond acceptors (Lipinski definition) is 4. The van der Waals surface area contributed by atoms with Crippen molar-refractivity contribution in [3.05, 3.63) is 88.1 Å². The summed E-state index contributed by atoms with van der Waals surface area (Å²) in [4.78, 5) is 32.5. The molecule has 134 valence electrons. The van der Waals surface area contributed by atoms with Crippen molar-refractivity contribution in [3.63, 3.8) is 0 Å². The fourth-order valence-corrected chi connectivity index (χ4v) is 2.98. The van der Waals surface area contributed by atoms with E-state index in [0.717, 1.165) is 11.3 Å². The summed E-state index contributed by atoms with van der Waals surface area (Å²) in [7, 11) is 0. The highest BCUT2D eigenvalue weighted by Gasteiger charge is 2.18. The molecule has 4 aromatic rings. The Morgan fingerprint density at radius 3 is 2.74 bits per heavy atom. The van der Waals surface area contributed by atoms with E-state index < -0.39 is 5.91 Å². The van der Waals surface area contributed by atoms with E-state index in [2.05, 4.69) is 20.4 Å². The van der Waals surface area contributed by atoms with E-state index in [1.54, 1.807) is 30.1 Å². The number of pyridine rings is 2. The number of H-pyrrole nitrogens is 1. The Morgan fingerprint density at radius 2 is 2.00 bits per heavy atom. The first kappa shape index (κ1) is 16.7. The fourth-order valence-electron chi connectivity index (χ4n) is 2.98. The molecular weight excluding hydrogens is 342 g/mol. The van der Waals surface area contributed by atoms with Crippen LogP contribution in [0.4, 0.5) is 0 Å². The largest absolute Gasteiger partial charge is 0.348 e. The van der Waals surface area contributed by atoms with Gasteiger partial charge in [0, 0.05) is 25.1 Å². The Bertz CT molecular complexity index is 1160. The second-order valence-corrected chi connectivity index (χ2v) is 6.13. The molecule has 27 heavy (non-hydrogen) atoms. The number of nitrogens with one attached hydrogen (secondary N) is 2. The Morgan fingerprint density at radius 1 is 1.19 bits per heavy atom. The van der Waals surface area contributed by atoms with Crippen LogP contribution in [0.2, 0.25) is 0 Å². The van der Waals surface area contributed by atoms with Gasteiger partial charge in [0.1, 0.15) is 11.2 Å². The zero-order valence-electron chi connectivity index (χ0n) is 14.6. The van der Waals surface area contributed by atoms with E-state index in [1.165, 1.54) is 6.20 Å². The maximum absolute atomic E-state index is 12.9. The lowest BCUT2D eigenvalue weighted by Crippen LogP contribution is -2.28. The Balaban J connectivity index is 1.69. The van der Waals surface area contributed by atoms with Crippen LogP contribution >= 0.6 is 0 Å². The zero-order valence-corrected chi connectivity index (χ0v) is 14.6. The number of aromatic nitrogens is 4. The predicted molar refractivity (Wildman–Crippen MR) is 102 cm³/mol. The molecule has 1 aromatic carbocycles. The highest BCUT2D eigenvalue weighted by molar-refractivity contribution is 5.97. The first-order valence-electron chi connectivity index (χ1n) is 8.48. The lowest BCUT2D eigenvalue weighted by molar-refractivity contribution is 0.0949. The van der Waals surface area contributed by atoms with Crippen molar-refractivity contribution in [2.45, 2.75) is 13.5 Å². The first-order valence-corrected chi connectivity index (χ1v) is 8.48. The average molecular weight is 359 g/mol. The van der Waals surface area contributed by atoms with Gasteiger partial charge in [0.2, 0.25) is 5.43 Å². The van der Waals surface area contributed by atoms with Gasteiger partial charge in [0.15, 0.2) is 0 Å². The minimum atomic E-state index is -0.436. The smallest absolute Gasteiger partial charge is 0.257 e. The normalized spacial score (nSPS) is 10.9. The predicted octanol–water partition coefficient (Wildman–Crippen LogP) is 2.35. The number of para-hydroxylation sites is 1. The number of fused-ring (bicyclic) bond motifs is 1. The molecule has 3 heterocycles. The molecule has 0 saturated carbocycles. The molecule has 0 radical (unpaired) electrons. The molecule has 0 aliphatic heterocycles. The number of aryl methyl sites for hydroxylation is 1. The average Bonchev–Trinajstić information content (AvgIpc) is 3.05. The van der Waals surface area contributed by atoms with Gasteiger partial charge < -0.3 is 10.3 Å². The highest BCUT2D eigenvalue weighted by atomic mass is 16.2. The van der Waals surface area contributed by atoms with Crippen molar-refractivity contribution in [1.29, 1.82) is 0 Å². The minimum absolute atomic E-state index is 0.0575. The van der Waals surface area contributed by atoms with Crippen LogP contribution in [0.15, 0.2) is 65.8 Å². The molecule has 7 nitrogen and oxygen atoms in total. The van der Waals surface area contributed by atoms with Crippen LogP contribution in [0.3, 0.4) is 0 Å². The molecule has 0 saturated heterocycles. The third-order valence-corrected chi connectivity index (χ3v) is 4.31. The molecular formula is C20H17N5O2. The van der Waals surface area contributed by atoms with Crippen molar-refractivity contribution in [1.82, 2.24) is 25.1 Å². The second-order valence-electron chi connectivity index (χ2n) is 6.13.